The summed E-state index contributed by atoms with van der Waals surface area (Å²) < 4.78 is 0. The summed E-state index contributed by atoms with van der Waals surface area (Å²) in [6.45, 7) is 5.43. The van der Waals surface area contributed by atoms with E-state index in [1.54, 1.807) is 11.3 Å². The molecule has 0 aliphatic heterocycles. The Morgan fingerprint density at radius 3 is 2.83 bits per heavy atom. The molecule has 0 aliphatic carbocycles. The maximum atomic E-state index is 3.44. The smallest absolute Gasteiger partial charge is 0.0216 e. The van der Waals surface area contributed by atoms with E-state index in [4.69, 9.17) is 0 Å². The first-order valence-corrected chi connectivity index (χ1v) is 5.01. The third-order valence-electron chi connectivity index (χ3n) is 1.85. The number of nitrogens with one attached hydrogen (secondary N) is 1. The molecule has 1 aromatic heterocycles. The van der Waals surface area contributed by atoms with Crippen molar-refractivity contribution in [1.29, 1.82) is 0 Å². The highest BCUT2D eigenvalue weighted by Gasteiger charge is 1.97. The van der Waals surface area contributed by atoms with E-state index < -0.39 is 0 Å². The van der Waals surface area contributed by atoms with E-state index in [9.17, 15) is 0 Å². The van der Waals surface area contributed by atoms with Gasteiger partial charge >= 0.3 is 0 Å². The molecule has 3 heteroatoms. The van der Waals surface area contributed by atoms with Gasteiger partial charge in [-0.2, -0.15) is 11.3 Å². The summed E-state index contributed by atoms with van der Waals surface area (Å²) in [6, 6.07) is 2.80. The Morgan fingerprint density at radius 2 is 2.33 bits per heavy atom. The van der Waals surface area contributed by atoms with Crippen molar-refractivity contribution in [2.45, 2.75) is 32.9 Å². The third kappa shape index (κ3) is 4.10. The fraction of sp³-hybridized carbons (Fsp3) is 0.556. The maximum Gasteiger partial charge on any atom is 0.0216 e. The lowest BCUT2D eigenvalue weighted by atomic mass is 10.2. The summed E-state index contributed by atoms with van der Waals surface area (Å²) in [7, 11) is 0. The van der Waals surface area contributed by atoms with E-state index in [2.05, 4.69) is 36.0 Å². The van der Waals surface area contributed by atoms with Gasteiger partial charge in [-0.25, -0.2) is 0 Å². The number of halogens is 1. The summed E-state index contributed by atoms with van der Waals surface area (Å²) in [6.07, 6.45) is 1.20. The highest BCUT2D eigenvalue weighted by Crippen LogP contribution is 2.05. The van der Waals surface area contributed by atoms with Gasteiger partial charge in [-0.3, -0.25) is 0 Å². The van der Waals surface area contributed by atoms with Gasteiger partial charge in [-0.1, -0.05) is 6.92 Å². The molecule has 1 atom stereocenters. The predicted octanol–water partition coefficient (Wildman–Crippen LogP) is 3.06. The van der Waals surface area contributed by atoms with Crippen molar-refractivity contribution in [3.8, 4) is 0 Å². The molecule has 0 aromatic carbocycles. The largest absolute Gasteiger partial charge is 0.310 e. The number of hydrogen-bond acceptors (Lipinski definition) is 2. The van der Waals surface area contributed by atoms with E-state index in [0.717, 1.165) is 6.54 Å². The van der Waals surface area contributed by atoms with Crippen LogP contribution >= 0.6 is 23.7 Å². The normalized spacial score (nSPS) is 12.2. The van der Waals surface area contributed by atoms with E-state index in [1.165, 1.54) is 12.0 Å². The van der Waals surface area contributed by atoms with Gasteiger partial charge in [0.2, 0.25) is 0 Å². The molecule has 0 saturated carbocycles. The molecule has 12 heavy (non-hydrogen) atoms. The van der Waals surface area contributed by atoms with Crippen molar-refractivity contribution in [3.63, 3.8) is 0 Å². The average molecular weight is 206 g/mol. The fourth-order valence-electron chi connectivity index (χ4n) is 0.830. The Morgan fingerprint density at radius 1 is 1.58 bits per heavy atom. The quantitative estimate of drug-likeness (QED) is 0.797. The summed E-state index contributed by atoms with van der Waals surface area (Å²) in [5.41, 5.74) is 1.40. The van der Waals surface area contributed by atoms with Gasteiger partial charge < -0.3 is 5.32 Å². The Bertz CT molecular complexity index is 186. The molecule has 1 unspecified atom stereocenters. The minimum Gasteiger partial charge on any atom is -0.310 e. The second-order valence-electron chi connectivity index (χ2n) is 2.82. The van der Waals surface area contributed by atoms with Gasteiger partial charge in [0, 0.05) is 12.6 Å². The Balaban J connectivity index is 0.00000121. The minimum absolute atomic E-state index is 0. The van der Waals surface area contributed by atoms with Crippen molar-refractivity contribution < 1.29 is 0 Å². The van der Waals surface area contributed by atoms with Crippen LogP contribution in [0, 0.1) is 0 Å². The van der Waals surface area contributed by atoms with Gasteiger partial charge in [0.25, 0.3) is 0 Å². The summed E-state index contributed by atoms with van der Waals surface area (Å²) in [5, 5.41) is 7.75. The zero-order chi connectivity index (χ0) is 8.10. The first-order valence-electron chi connectivity index (χ1n) is 4.07. The molecule has 70 valence electrons. The summed E-state index contributed by atoms with van der Waals surface area (Å²) in [4.78, 5) is 0. The molecular formula is C9H16ClNS. The maximum absolute atomic E-state index is 3.44. The van der Waals surface area contributed by atoms with Gasteiger partial charge in [-0.15, -0.1) is 12.4 Å². The van der Waals surface area contributed by atoms with Crippen molar-refractivity contribution in [1.82, 2.24) is 5.32 Å². The predicted molar refractivity (Wildman–Crippen MR) is 58.2 cm³/mol. The van der Waals surface area contributed by atoms with Gasteiger partial charge in [-0.05, 0) is 35.7 Å². The van der Waals surface area contributed by atoms with Gasteiger partial charge in [0.15, 0.2) is 0 Å². The SMILES string of the molecule is CCC(C)NCc1ccsc1.Cl. The van der Waals surface area contributed by atoms with Crippen LogP contribution in [-0.4, -0.2) is 6.04 Å². The van der Waals surface area contributed by atoms with Gasteiger partial charge in [0.05, 0.1) is 0 Å². The fourth-order valence-corrected chi connectivity index (χ4v) is 1.50. The van der Waals surface area contributed by atoms with Crippen LogP contribution in [0.2, 0.25) is 0 Å². The van der Waals surface area contributed by atoms with Crippen LogP contribution in [-0.2, 0) is 6.54 Å². The van der Waals surface area contributed by atoms with E-state index in [1.807, 2.05) is 0 Å². The number of rotatable bonds is 4. The van der Waals surface area contributed by atoms with E-state index >= 15 is 0 Å². The highest BCUT2D eigenvalue weighted by atomic mass is 35.5. The molecule has 1 rings (SSSR count). The molecule has 0 spiro atoms. The number of hydrogen-bond donors (Lipinski definition) is 1. The molecule has 0 amide bonds. The van der Waals surface area contributed by atoms with Crippen molar-refractivity contribution in [2.24, 2.45) is 0 Å². The van der Waals surface area contributed by atoms with Crippen LogP contribution < -0.4 is 5.32 Å². The van der Waals surface area contributed by atoms with Crippen LogP contribution in [0.1, 0.15) is 25.8 Å². The second-order valence-corrected chi connectivity index (χ2v) is 3.60. The molecule has 0 saturated heterocycles. The molecule has 1 nitrogen and oxygen atoms in total. The Labute approximate surface area is 84.6 Å². The van der Waals surface area contributed by atoms with Crippen molar-refractivity contribution in [3.05, 3.63) is 22.4 Å². The van der Waals surface area contributed by atoms with Crippen LogP contribution in [0.3, 0.4) is 0 Å². The Hall–Kier alpha value is -0.0500. The monoisotopic (exact) mass is 205 g/mol. The molecule has 1 N–H and O–H groups in total. The summed E-state index contributed by atoms with van der Waals surface area (Å²) in [5.74, 6) is 0. The minimum atomic E-state index is 0. The van der Waals surface area contributed by atoms with E-state index in [0.29, 0.717) is 6.04 Å². The summed E-state index contributed by atoms with van der Waals surface area (Å²) >= 11 is 1.76. The second kappa shape index (κ2) is 6.46. The van der Waals surface area contributed by atoms with Crippen LogP contribution in [0.4, 0.5) is 0 Å². The number of thiophene rings is 1. The Kier molecular flexibility index (Phi) is 6.44. The standard InChI is InChI=1S/C9H15NS.ClH/c1-3-8(2)10-6-9-4-5-11-7-9;/h4-5,7-8,10H,3,6H2,1-2H3;1H. The first kappa shape index (κ1) is 11.9. The van der Waals surface area contributed by atoms with Crippen molar-refractivity contribution >= 4 is 23.7 Å². The molecule has 0 radical (unpaired) electrons. The molecule has 0 aliphatic rings. The zero-order valence-electron chi connectivity index (χ0n) is 7.54. The van der Waals surface area contributed by atoms with Gasteiger partial charge in [0.1, 0.15) is 0 Å². The van der Waals surface area contributed by atoms with E-state index in [-0.39, 0.29) is 12.4 Å². The molecular weight excluding hydrogens is 190 g/mol. The average Bonchev–Trinajstić information content (AvgIpc) is 2.52. The molecule has 1 heterocycles. The molecule has 0 bridgehead atoms. The zero-order valence-corrected chi connectivity index (χ0v) is 9.17. The first-order chi connectivity index (χ1) is 5.33. The van der Waals surface area contributed by atoms with Crippen LogP contribution in [0.15, 0.2) is 16.8 Å². The lowest BCUT2D eigenvalue weighted by Gasteiger charge is -2.09. The van der Waals surface area contributed by atoms with Crippen LogP contribution in [0.25, 0.3) is 0 Å². The molecule has 1 aromatic rings. The third-order valence-corrected chi connectivity index (χ3v) is 2.58. The lowest BCUT2D eigenvalue weighted by Crippen LogP contribution is -2.24. The van der Waals surface area contributed by atoms with Crippen molar-refractivity contribution in [2.75, 3.05) is 0 Å². The van der Waals surface area contributed by atoms with Crippen LogP contribution in [0.5, 0.6) is 0 Å². The topological polar surface area (TPSA) is 12.0 Å². The lowest BCUT2D eigenvalue weighted by molar-refractivity contribution is 0.535. The molecule has 0 fully saturated rings. The highest BCUT2D eigenvalue weighted by molar-refractivity contribution is 7.07.